The Bertz CT molecular complexity index is 275. The highest BCUT2D eigenvalue weighted by molar-refractivity contribution is 14.0. The molecule has 1 fully saturated rings. The van der Waals surface area contributed by atoms with Gasteiger partial charge in [0.25, 0.3) is 0 Å². The molecule has 0 spiro atoms. The Morgan fingerprint density at radius 2 is 1.86 bits per heavy atom. The first kappa shape index (κ1) is 21.0. The van der Waals surface area contributed by atoms with Gasteiger partial charge in [0, 0.05) is 33.4 Å². The number of ether oxygens (including phenoxy) is 1. The van der Waals surface area contributed by atoms with E-state index in [0.717, 1.165) is 45.1 Å². The molecule has 0 aromatic heterocycles. The van der Waals surface area contributed by atoms with Crippen molar-refractivity contribution in [3.8, 4) is 0 Å². The van der Waals surface area contributed by atoms with E-state index in [0.29, 0.717) is 5.41 Å². The fourth-order valence-electron chi connectivity index (χ4n) is 2.55. The van der Waals surface area contributed by atoms with Crippen LogP contribution in [0, 0.1) is 5.41 Å². The summed E-state index contributed by atoms with van der Waals surface area (Å²) in [7, 11) is 1.84. The van der Waals surface area contributed by atoms with Crippen LogP contribution in [0.2, 0.25) is 0 Å². The summed E-state index contributed by atoms with van der Waals surface area (Å²) in [6.45, 7) is 8.18. The highest BCUT2D eigenvalue weighted by atomic mass is 127. The molecule has 0 aromatic rings. The lowest BCUT2D eigenvalue weighted by molar-refractivity contribution is 0.128. The zero-order chi connectivity index (χ0) is 14.7. The summed E-state index contributed by atoms with van der Waals surface area (Å²) in [4.78, 5) is 4.28. The van der Waals surface area contributed by atoms with Gasteiger partial charge in [-0.15, -0.1) is 24.0 Å². The molecule has 0 heterocycles. The lowest BCUT2D eigenvalue weighted by Crippen LogP contribution is -2.46. The normalized spacial score (nSPS) is 16.8. The molecule has 126 valence electrons. The second-order valence-corrected chi connectivity index (χ2v) is 5.88. The predicted octanol–water partition coefficient (Wildman–Crippen LogP) is 3.56. The molecule has 0 unspecified atom stereocenters. The molecule has 1 aliphatic carbocycles. The Labute approximate surface area is 147 Å². The summed E-state index contributed by atoms with van der Waals surface area (Å²) in [6, 6.07) is 0. The topological polar surface area (TPSA) is 45.6 Å². The third kappa shape index (κ3) is 8.24. The molecular formula is C16H34IN3O. The fourth-order valence-corrected chi connectivity index (χ4v) is 2.55. The van der Waals surface area contributed by atoms with Crippen LogP contribution < -0.4 is 10.6 Å². The third-order valence-electron chi connectivity index (χ3n) is 4.42. The highest BCUT2D eigenvalue weighted by Crippen LogP contribution is 2.42. The summed E-state index contributed by atoms with van der Waals surface area (Å²) < 4.78 is 5.55. The zero-order valence-electron chi connectivity index (χ0n) is 14.0. The molecule has 1 saturated carbocycles. The predicted molar refractivity (Wildman–Crippen MR) is 102 cm³/mol. The molecule has 4 nitrogen and oxygen atoms in total. The van der Waals surface area contributed by atoms with Crippen LogP contribution in [0.25, 0.3) is 0 Å². The Balaban J connectivity index is 0.00000400. The lowest BCUT2D eigenvalue weighted by Gasteiger charge is -2.41. The van der Waals surface area contributed by atoms with E-state index < -0.39 is 0 Å². The number of rotatable bonds is 10. The second kappa shape index (κ2) is 12.5. The average Bonchev–Trinajstić information content (AvgIpc) is 2.43. The van der Waals surface area contributed by atoms with Gasteiger partial charge in [-0.3, -0.25) is 4.99 Å². The van der Waals surface area contributed by atoms with Crippen molar-refractivity contribution in [2.45, 2.75) is 58.8 Å². The van der Waals surface area contributed by atoms with Gasteiger partial charge in [-0.25, -0.2) is 0 Å². The van der Waals surface area contributed by atoms with E-state index in [-0.39, 0.29) is 24.0 Å². The molecule has 2 N–H and O–H groups in total. The summed E-state index contributed by atoms with van der Waals surface area (Å²) in [6.07, 6.45) is 8.77. The first-order chi connectivity index (χ1) is 9.76. The monoisotopic (exact) mass is 411 g/mol. The molecule has 1 aliphatic rings. The van der Waals surface area contributed by atoms with Gasteiger partial charge in [0.05, 0.1) is 0 Å². The van der Waals surface area contributed by atoms with Crippen LogP contribution in [0.3, 0.4) is 0 Å². The van der Waals surface area contributed by atoms with Crippen LogP contribution in [0.4, 0.5) is 0 Å². The van der Waals surface area contributed by atoms with Crippen LogP contribution >= 0.6 is 24.0 Å². The minimum Gasteiger partial charge on any atom is -0.381 e. The first-order valence-corrected chi connectivity index (χ1v) is 8.28. The quantitative estimate of drug-likeness (QED) is 0.250. The SMILES string of the molecule is CCCCOCCCNC(=NC)NCC1(CC)CCC1.I. The second-order valence-electron chi connectivity index (χ2n) is 5.88. The highest BCUT2D eigenvalue weighted by Gasteiger charge is 2.34. The number of hydrogen-bond donors (Lipinski definition) is 2. The first-order valence-electron chi connectivity index (χ1n) is 8.28. The minimum atomic E-state index is 0. The standard InChI is InChI=1S/C16H33N3O.HI/c1-4-6-12-20-13-8-11-18-15(17-3)19-14-16(5-2)9-7-10-16;/h4-14H2,1-3H3,(H2,17,18,19);1H. The Kier molecular flexibility index (Phi) is 12.5. The van der Waals surface area contributed by atoms with Gasteiger partial charge in [0.2, 0.25) is 0 Å². The van der Waals surface area contributed by atoms with E-state index >= 15 is 0 Å². The van der Waals surface area contributed by atoms with E-state index in [9.17, 15) is 0 Å². The third-order valence-corrected chi connectivity index (χ3v) is 4.42. The van der Waals surface area contributed by atoms with Crippen molar-refractivity contribution in [2.75, 3.05) is 33.4 Å². The van der Waals surface area contributed by atoms with Crippen molar-refractivity contribution in [1.82, 2.24) is 10.6 Å². The summed E-state index contributed by atoms with van der Waals surface area (Å²) in [5, 5.41) is 6.84. The van der Waals surface area contributed by atoms with Gasteiger partial charge in [0.1, 0.15) is 0 Å². The maximum absolute atomic E-state index is 5.55. The van der Waals surface area contributed by atoms with Crippen LogP contribution in [-0.2, 0) is 4.74 Å². The van der Waals surface area contributed by atoms with Crippen LogP contribution in [0.15, 0.2) is 4.99 Å². The smallest absolute Gasteiger partial charge is 0.190 e. The maximum atomic E-state index is 5.55. The van der Waals surface area contributed by atoms with Crippen molar-refractivity contribution >= 4 is 29.9 Å². The summed E-state index contributed by atoms with van der Waals surface area (Å²) in [5.41, 5.74) is 0.529. The van der Waals surface area contributed by atoms with Crippen LogP contribution in [0.5, 0.6) is 0 Å². The van der Waals surface area contributed by atoms with Gasteiger partial charge < -0.3 is 15.4 Å². The van der Waals surface area contributed by atoms with Gasteiger partial charge in [-0.2, -0.15) is 0 Å². The maximum Gasteiger partial charge on any atom is 0.190 e. The number of hydrogen-bond acceptors (Lipinski definition) is 2. The number of aliphatic imine (C=N–C) groups is 1. The largest absolute Gasteiger partial charge is 0.381 e. The van der Waals surface area contributed by atoms with Gasteiger partial charge in [-0.05, 0) is 37.5 Å². The average molecular weight is 411 g/mol. The number of unbranched alkanes of at least 4 members (excludes halogenated alkanes) is 1. The molecule has 0 radical (unpaired) electrons. The number of halogens is 1. The van der Waals surface area contributed by atoms with E-state index in [1.807, 2.05) is 7.05 Å². The number of nitrogens with zero attached hydrogens (tertiary/aromatic N) is 1. The Morgan fingerprint density at radius 1 is 1.14 bits per heavy atom. The van der Waals surface area contributed by atoms with E-state index in [1.165, 1.54) is 32.1 Å². The van der Waals surface area contributed by atoms with Crippen LogP contribution in [0.1, 0.15) is 58.8 Å². The molecule has 1 rings (SSSR count). The lowest BCUT2D eigenvalue weighted by atomic mass is 9.67. The van der Waals surface area contributed by atoms with E-state index in [1.54, 1.807) is 0 Å². The molecule has 0 atom stereocenters. The van der Waals surface area contributed by atoms with Gasteiger partial charge >= 0.3 is 0 Å². The van der Waals surface area contributed by atoms with Gasteiger partial charge in [-0.1, -0.05) is 26.7 Å². The Hall–Kier alpha value is -0.0400. The zero-order valence-corrected chi connectivity index (χ0v) is 16.4. The molecule has 0 amide bonds. The van der Waals surface area contributed by atoms with E-state index in [2.05, 4.69) is 29.5 Å². The molecule has 5 heteroatoms. The molecule has 0 aliphatic heterocycles. The fraction of sp³-hybridized carbons (Fsp3) is 0.938. The van der Waals surface area contributed by atoms with Crippen molar-refractivity contribution in [1.29, 1.82) is 0 Å². The van der Waals surface area contributed by atoms with E-state index in [4.69, 9.17) is 4.74 Å². The minimum absolute atomic E-state index is 0. The van der Waals surface area contributed by atoms with Crippen molar-refractivity contribution in [2.24, 2.45) is 10.4 Å². The molecule has 21 heavy (non-hydrogen) atoms. The molecule has 0 bridgehead atoms. The molecule has 0 saturated heterocycles. The number of nitrogens with one attached hydrogen (secondary N) is 2. The number of guanidine groups is 1. The van der Waals surface area contributed by atoms with Gasteiger partial charge in [0.15, 0.2) is 5.96 Å². The summed E-state index contributed by atoms with van der Waals surface area (Å²) >= 11 is 0. The summed E-state index contributed by atoms with van der Waals surface area (Å²) in [5.74, 6) is 0.929. The van der Waals surface area contributed by atoms with Crippen molar-refractivity contribution in [3.05, 3.63) is 0 Å². The van der Waals surface area contributed by atoms with Crippen molar-refractivity contribution < 1.29 is 4.74 Å². The van der Waals surface area contributed by atoms with Crippen molar-refractivity contribution in [3.63, 3.8) is 0 Å². The molecule has 0 aromatic carbocycles. The Morgan fingerprint density at radius 3 is 2.38 bits per heavy atom. The van der Waals surface area contributed by atoms with Crippen LogP contribution in [-0.4, -0.2) is 39.3 Å². The molecular weight excluding hydrogens is 377 g/mol.